The minimum atomic E-state index is -0.0817. The monoisotopic (exact) mass is 340 g/mol. The van der Waals surface area contributed by atoms with Crippen molar-refractivity contribution in [1.82, 2.24) is 10.2 Å². The molecule has 1 aromatic carbocycles. The fourth-order valence-electron chi connectivity index (χ4n) is 2.59. The van der Waals surface area contributed by atoms with Crippen molar-refractivity contribution < 1.29 is 9.90 Å². The average Bonchev–Trinajstić information content (AvgIpc) is 2.46. The van der Waals surface area contributed by atoms with Gasteiger partial charge in [-0.05, 0) is 31.0 Å². The zero-order valence-corrected chi connectivity index (χ0v) is 13.5. The average molecular weight is 341 g/mol. The minimum absolute atomic E-state index is 0.0332. The minimum Gasteiger partial charge on any atom is -0.507 e. The van der Waals surface area contributed by atoms with E-state index in [1.54, 1.807) is 18.2 Å². The van der Waals surface area contributed by atoms with Gasteiger partial charge in [0.05, 0.1) is 5.56 Å². The molecule has 0 aromatic heterocycles. The van der Waals surface area contributed by atoms with Crippen LogP contribution in [-0.2, 0) is 0 Å². The predicted octanol–water partition coefficient (Wildman–Crippen LogP) is 2.76. The Balaban J connectivity index is 2.24. The summed E-state index contributed by atoms with van der Waals surface area (Å²) in [5.41, 5.74) is 0.378. The van der Waals surface area contributed by atoms with Gasteiger partial charge in [0, 0.05) is 29.6 Å². The first kappa shape index (κ1) is 15.3. The fourth-order valence-corrected chi connectivity index (χ4v) is 2.94. The summed E-state index contributed by atoms with van der Waals surface area (Å²) in [6.07, 6.45) is 1.90. The van der Waals surface area contributed by atoms with Crippen molar-refractivity contribution >= 4 is 21.8 Å². The maximum Gasteiger partial charge on any atom is 0.257 e. The van der Waals surface area contributed by atoms with Gasteiger partial charge in [-0.25, -0.2) is 0 Å². The zero-order chi connectivity index (χ0) is 14.7. The third kappa shape index (κ3) is 3.15. The Kier molecular flexibility index (Phi) is 5.05. The highest BCUT2D eigenvalue weighted by Gasteiger charge is 2.31. The van der Waals surface area contributed by atoms with Crippen molar-refractivity contribution in [3.05, 3.63) is 28.2 Å². The molecule has 1 aliphatic heterocycles. The van der Waals surface area contributed by atoms with Crippen LogP contribution in [0.2, 0.25) is 0 Å². The molecule has 0 saturated carbocycles. The third-order valence-corrected chi connectivity index (χ3v) is 4.41. The van der Waals surface area contributed by atoms with Gasteiger partial charge in [0.2, 0.25) is 0 Å². The number of nitrogens with zero attached hydrogens (tertiary/aromatic N) is 1. The Hall–Kier alpha value is -1.07. The molecular formula is C15H21BrN2O2. The molecule has 1 heterocycles. The molecule has 110 valence electrons. The van der Waals surface area contributed by atoms with Crippen molar-refractivity contribution in [3.63, 3.8) is 0 Å². The molecule has 2 N–H and O–H groups in total. The van der Waals surface area contributed by atoms with E-state index in [-0.39, 0.29) is 17.7 Å². The van der Waals surface area contributed by atoms with E-state index in [1.165, 1.54) is 0 Å². The number of nitrogens with one attached hydrogen (secondary N) is 1. The molecule has 1 saturated heterocycles. The molecular weight excluding hydrogens is 320 g/mol. The summed E-state index contributed by atoms with van der Waals surface area (Å²) in [4.78, 5) is 14.6. The standard InChI is InChI=1S/C15H21BrN2O2/c1-3-11-9-18(12(4-2)8-17-11)15(20)13-6-5-10(16)7-14(13)19/h5-7,11-12,17,19H,3-4,8-9H2,1-2H3. The molecule has 2 atom stereocenters. The summed E-state index contributed by atoms with van der Waals surface area (Å²) in [6.45, 7) is 5.71. The highest BCUT2D eigenvalue weighted by molar-refractivity contribution is 9.10. The summed E-state index contributed by atoms with van der Waals surface area (Å²) in [5.74, 6) is -0.0485. The van der Waals surface area contributed by atoms with Crippen molar-refractivity contribution in [2.45, 2.75) is 38.8 Å². The van der Waals surface area contributed by atoms with Gasteiger partial charge in [-0.3, -0.25) is 4.79 Å². The molecule has 0 spiro atoms. The van der Waals surface area contributed by atoms with Crippen LogP contribution in [0.25, 0.3) is 0 Å². The van der Waals surface area contributed by atoms with Gasteiger partial charge < -0.3 is 15.3 Å². The lowest BCUT2D eigenvalue weighted by Gasteiger charge is -2.40. The summed E-state index contributed by atoms with van der Waals surface area (Å²) in [5, 5.41) is 13.4. The highest BCUT2D eigenvalue weighted by Crippen LogP contribution is 2.25. The second kappa shape index (κ2) is 6.59. The van der Waals surface area contributed by atoms with E-state index >= 15 is 0 Å². The quantitative estimate of drug-likeness (QED) is 0.889. The van der Waals surface area contributed by atoms with E-state index in [4.69, 9.17) is 0 Å². The topological polar surface area (TPSA) is 52.6 Å². The second-order valence-electron chi connectivity index (χ2n) is 5.19. The number of carbonyl (C=O) groups is 1. The molecule has 5 heteroatoms. The molecule has 20 heavy (non-hydrogen) atoms. The lowest BCUT2D eigenvalue weighted by atomic mass is 10.0. The number of hydrogen-bond acceptors (Lipinski definition) is 3. The number of carbonyl (C=O) groups excluding carboxylic acids is 1. The number of halogens is 1. The number of amides is 1. The van der Waals surface area contributed by atoms with Crippen molar-refractivity contribution in [3.8, 4) is 5.75 Å². The van der Waals surface area contributed by atoms with Gasteiger partial charge in [-0.15, -0.1) is 0 Å². The number of rotatable bonds is 3. The molecule has 4 nitrogen and oxygen atoms in total. The van der Waals surface area contributed by atoms with E-state index in [0.717, 1.165) is 23.9 Å². The van der Waals surface area contributed by atoms with Crippen molar-refractivity contribution in [1.29, 1.82) is 0 Å². The van der Waals surface area contributed by atoms with Crippen LogP contribution in [0, 0.1) is 0 Å². The summed E-state index contributed by atoms with van der Waals surface area (Å²) in [6, 6.07) is 5.55. The highest BCUT2D eigenvalue weighted by atomic mass is 79.9. The molecule has 0 radical (unpaired) electrons. The number of hydrogen-bond donors (Lipinski definition) is 2. The molecule has 1 amide bonds. The van der Waals surface area contributed by atoms with E-state index < -0.39 is 0 Å². The van der Waals surface area contributed by atoms with Gasteiger partial charge in [0.25, 0.3) is 5.91 Å². The molecule has 0 aliphatic carbocycles. The summed E-state index contributed by atoms with van der Waals surface area (Å²) in [7, 11) is 0. The molecule has 1 aromatic rings. The summed E-state index contributed by atoms with van der Waals surface area (Å²) < 4.78 is 0.769. The van der Waals surface area contributed by atoms with Gasteiger partial charge in [0.15, 0.2) is 0 Å². The van der Waals surface area contributed by atoms with Crippen LogP contribution in [0.3, 0.4) is 0 Å². The molecule has 2 unspecified atom stereocenters. The van der Waals surface area contributed by atoms with Crippen LogP contribution in [0.1, 0.15) is 37.0 Å². The number of phenols is 1. The number of phenolic OH excluding ortho intramolecular Hbond substituents is 1. The Bertz CT molecular complexity index is 493. The molecule has 0 bridgehead atoms. The van der Waals surface area contributed by atoms with Crippen molar-refractivity contribution in [2.75, 3.05) is 13.1 Å². The van der Waals surface area contributed by atoms with Gasteiger partial charge in [-0.2, -0.15) is 0 Å². The Morgan fingerprint density at radius 2 is 2.20 bits per heavy atom. The maximum absolute atomic E-state index is 12.7. The van der Waals surface area contributed by atoms with Crippen LogP contribution in [0.4, 0.5) is 0 Å². The largest absolute Gasteiger partial charge is 0.507 e. The van der Waals surface area contributed by atoms with E-state index in [1.807, 2.05) is 4.90 Å². The van der Waals surface area contributed by atoms with E-state index in [0.29, 0.717) is 18.2 Å². The zero-order valence-electron chi connectivity index (χ0n) is 11.9. The van der Waals surface area contributed by atoms with E-state index in [9.17, 15) is 9.90 Å². The smallest absolute Gasteiger partial charge is 0.257 e. The molecule has 1 fully saturated rings. The van der Waals surface area contributed by atoms with Crippen LogP contribution in [0.15, 0.2) is 22.7 Å². The summed E-state index contributed by atoms with van der Waals surface area (Å²) >= 11 is 3.29. The van der Waals surface area contributed by atoms with Crippen LogP contribution < -0.4 is 5.32 Å². The normalized spacial score (nSPS) is 22.9. The SMILES string of the molecule is CCC1CN(C(=O)c2ccc(Br)cc2O)C(CC)CN1. The van der Waals surface area contributed by atoms with Gasteiger partial charge in [-0.1, -0.05) is 29.8 Å². The van der Waals surface area contributed by atoms with Crippen LogP contribution in [-0.4, -0.2) is 41.1 Å². The first-order chi connectivity index (χ1) is 9.56. The first-order valence-corrected chi connectivity index (χ1v) is 7.89. The predicted molar refractivity (Wildman–Crippen MR) is 83.0 cm³/mol. The lowest BCUT2D eigenvalue weighted by molar-refractivity contribution is 0.0573. The number of piperazine rings is 1. The first-order valence-electron chi connectivity index (χ1n) is 7.09. The van der Waals surface area contributed by atoms with Crippen LogP contribution >= 0.6 is 15.9 Å². The Labute approximate surface area is 128 Å². The Morgan fingerprint density at radius 3 is 2.80 bits per heavy atom. The number of benzene rings is 1. The second-order valence-corrected chi connectivity index (χ2v) is 6.11. The lowest BCUT2D eigenvalue weighted by Crippen LogP contribution is -2.57. The number of aromatic hydroxyl groups is 1. The fraction of sp³-hybridized carbons (Fsp3) is 0.533. The van der Waals surface area contributed by atoms with Crippen molar-refractivity contribution in [2.24, 2.45) is 0 Å². The van der Waals surface area contributed by atoms with Gasteiger partial charge >= 0.3 is 0 Å². The Morgan fingerprint density at radius 1 is 1.45 bits per heavy atom. The maximum atomic E-state index is 12.7. The van der Waals surface area contributed by atoms with Crippen LogP contribution in [0.5, 0.6) is 5.75 Å². The molecule has 2 rings (SSSR count). The van der Waals surface area contributed by atoms with E-state index in [2.05, 4.69) is 35.1 Å². The third-order valence-electron chi connectivity index (χ3n) is 3.92. The van der Waals surface area contributed by atoms with Gasteiger partial charge in [0.1, 0.15) is 5.75 Å². The molecule has 1 aliphatic rings.